The minimum Gasteiger partial charge on any atom is -0.334 e. The molecule has 16 heavy (non-hydrogen) atoms. The first-order valence-corrected chi connectivity index (χ1v) is 5.63. The van der Waals surface area contributed by atoms with Crippen molar-refractivity contribution in [3.05, 3.63) is 30.1 Å². The van der Waals surface area contributed by atoms with Gasteiger partial charge in [-0.15, -0.1) is 0 Å². The monoisotopic (exact) mass is 216 g/mol. The Balaban J connectivity index is 1.97. The van der Waals surface area contributed by atoms with Gasteiger partial charge < -0.3 is 15.6 Å². The van der Waals surface area contributed by atoms with Crippen LogP contribution >= 0.6 is 0 Å². The molecule has 2 heterocycles. The first-order chi connectivity index (χ1) is 7.75. The van der Waals surface area contributed by atoms with E-state index in [9.17, 15) is 0 Å². The molecule has 2 aromatic rings. The summed E-state index contributed by atoms with van der Waals surface area (Å²) in [5, 5.41) is 3.25. The number of nitrogens with one attached hydrogen (secondary N) is 1. The van der Waals surface area contributed by atoms with Crippen molar-refractivity contribution in [3.8, 4) is 0 Å². The number of aryl methyl sites for hydroxylation is 1. The molecule has 0 spiro atoms. The molecule has 84 valence electrons. The normalized spacial score (nSPS) is 18.6. The number of nitrogens with two attached hydrogens (primary N) is 1. The maximum atomic E-state index is 6.22. The third-order valence-corrected chi connectivity index (χ3v) is 3.46. The van der Waals surface area contributed by atoms with Gasteiger partial charge in [-0.3, -0.25) is 0 Å². The van der Waals surface area contributed by atoms with Crippen molar-refractivity contribution in [2.24, 2.45) is 18.7 Å². The first kappa shape index (κ1) is 9.81. The van der Waals surface area contributed by atoms with Crippen LogP contribution in [0.5, 0.6) is 0 Å². The predicted molar refractivity (Wildman–Crippen MR) is 64.0 cm³/mol. The van der Waals surface area contributed by atoms with E-state index in [4.69, 9.17) is 5.73 Å². The van der Waals surface area contributed by atoms with Gasteiger partial charge in [0.25, 0.3) is 0 Å². The molecule has 0 aliphatic carbocycles. The van der Waals surface area contributed by atoms with Gasteiger partial charge in [0, 0.05) is 32.1 Å². The van der Waals surface area contributed by atoms with Gasteiger partial charge in [-0.05, 0) is 17.7 Å². The summed E-state index contributed by atoms with van der Waals surface area (Å²) in [6.07, 6.45) is 1.84. The fourth-order valence-corrected chi connectivity index (χ4v) is 2.20. The van der Waals surface area contributed by atoms with Crippen molar-refractivity contribution in [2.75, 3.05) is 13.1 Å². The molecule has 0 saturated carbocycles. The smallest absolute Gasteiger partial charge is 0.0955 e. The molecule has 1 saturated heterocycles. The number of hydrogen-bond donors (Lipinski definition) is 2. The number of imidazole rings is 1. The fourth-order valence-electron chi connectivity index (χ4n) is 2.20. The average Bonchev–Trinajstić information content (AvgIpc) is 2.57. The second-order valence-corrected chi connectivity index (χ2v) is 4.55. The van der Waals surface area contributed by atoms with Gasteiger partial charge >= 0.3 is 0 Å². The molecule has 1 aliphatic rings. The van der Waals surface area contributed by atoms with Crippen molar-refractivity contribution in [1.29, 1.82) is 0 Å². The van der Waals surface area contributed by atoms with Crippen LogP contribution in [-0.4, -0.2) is 22.6 Å². The molecule has 1 atom stereocenters. The van der Waals surface area contributed by atoms with E-state index in [-0.39, 0.29) is 6.04 Å². The largest absolute Gasteiger partial charge is 0.334 e. The highest BCUT2D eigenvalue weighted by Gasteiger charge is 2.25. The van der Waals surface area contributed by atoms with Crippen LogP contribution in [0.25, 0.3) is 11.0 Å². The summed E-state index contributed by atoms with van der Waals surface area (Å²) in [6.45, 7) is 2.06. The minimum absolute atomic E-state index is 0.132. The molecule has 1 aromatic heterocycles. The quantitative estimate of drug-likeness (QED) is 0.780. The zero-order valence-electron chi connectivity index (χ0n) is 9.35. The van der Waals surface area contributed by atoms with Crippen LogP contribution in [0.3, 0.4) is 0 Å². The molecule has 3 rings (SSSR count). The lowest BCUT2D eigenvalue weighted by molar-refractivity contribution is 0.295. The van der Waals surface area contributed by atoms with E-state index >= 15 is 0 Å². The van der Waals surface area contributed by atoms with Crippen LogP contribution < -0.4 is 11.1 Å². The zero-order chi connectivity index (χ0) is 11.1. The molecule has 1 fully saturated rings. The lowest BCUT2D eigenvalue weighted by Gasteiger charge is -2.32. The highest BCUT2D eigenvalue weighted by atomic mass is 15.0. The Labute approximate surface area is 94.5 Å². The van der Waals surface area contributed by atoms with E-state index in [0.29, 0.717) is 5.92 Å². The summed E-state index contributed by atoms with van der Waals surface area (Å²) in [7, 11) is 2.00. The molecular formula is C12H16N4. The highest BCUT2D eigenvalue weighted by Crippen LogP contribution is 2.25. The lowest BCUT2D eigenvalue weighted by atomic mass is 9.89. The molecular weight excluding hydrogens is 200 g/mol. The topological polar surface area (TPSA) is 55.9 Å². The van der Waals surface area contributed by atoms with E-state index in [1.165, 1.54) is 5.56 Å². The van der Waals surface area contributed by atoms with Gasteiger partial charge in [-0.2, -0.15) is 0 Å². The Bertz CT molecular complexity index is 513. The summed E-state index contributed by atoms with van der Waals surface area (Å²) in [5.74, 6) is 0.571. The number of nitrogens with zero attached hydrogens (tertiary/aromatic N) is 2. The molecule has 0 bridgehead atoms. The standard InChI is InChI=1S/C12H16N4/c1-16-7-15-10-4-8(2-3-11(10)16)12(13)9-5-14-6-9/h2-4,7,9,12,14H,5-6,13H2,1H3. The SMILES string of the molecule is Cn1cnc2cc(C(N)C3CNC3)ccc21. The van der Waals surface area contributed by atoms with Gasteiger partial charge in [0.1, 0.15) is 0 Å². The number of fused-ring (bicyclic) bond motifs is 1. The molecule has 4 nitrogen and oxygen atoms in total. The minimum atomic E-state index is 0.132. The Hall–Kier alpha value is -1.39. The molecule has 1 unspecified atom stereocenters. The molecule has 3 N–H and O–H groups in total. The number of aromatic nitrogens is 2. The Morgan fingerprint density at radius 3 is 3.00 bits per heavy atom. The molecule has 0 amide bonds. The van der Waals surface area contributed by atoms with Crippen LogP contribution in [0.15, 0.2) is 24.5 Å². The van der Waals surface area contributed by atoms with E-state index in [2.05, 4.69) is 28.5 Å². The van der Waals surface area contributed by atoms with Crippen molar-refractivity contribution >= 4 is 11.0 Å². The molecule has 0 radical (unpaired) electrons. The van der Waals surface area contributed by atoms with Gasteiger partial charge in [-0.25, -0.2) is 4.98 Å². The number of hydrogen-bond acceptors (Lipinski definition) is 3. The summed E-state index contributed by atoms with van der Waals surface area (Å²) in [6, 6.07) is 6.46. The predicted octanol–water partition coefficient (Wildman–Crippen LogP) is 0.792. The van der Waals surface area contributed by atoms with Crippen LogP contribution in [0.2, 0.25) is 0 Å². The van der Waals surface area contributed by atoms with Crippen LogP contribution in [0, 0.1) is 5.92 Å². The Morgan fingerprint density at radius 1 is 1.50 bits per heavy atom. The Kier molecular flexibility index (Phi) is 2.19. The second-order valence-electron chi connectivity index (χ2n) is 4.55. The van der Waals surface area contributed by atoms with E-state index < -0.39 is 0 Å². The van der Waals surface area contributed by atoms with Gasteiger partial charge in [0.05, 0.1) is 17.4 Å². The lowest BCUT2D eigenvalue weighted by Crippen LogP contribution is -2.47. The maximum absolute atomic E-state index is 6.22. The van der Waals surface area contributed by atoms with E-state index in [0.717, 1.165) is 24.1 Å². The second kappa shape index (κ2) is 3.57. The average molecular weight is 216 g/mol. The van der Waals surface area contributed by atoms with Crippen LogP contribution in [-0.2, 0) is 7.05 Å². The summed E-state index contributed by atoms with van der Waals surface area (Å²) < 4.78 is 2.02. The van der Waals surface area contributed by atoms with E-state index in [1.54, 1.807) is 0 Å². The van der Waals surface area contributed by atoms with Gasteiger partial charge in [0.15, 0.2) is 0 Å². The number of benzene rings is 1. The van der Waals surface area contributed by atoms with Crippen LogP contribution in [0.4, 0.5) is 0 Å². The molecule has 1 aromatic carbocycles. The van der Waals surface area contributed by atoms with Crippen molar-refractivity contribution in [2.45, 2.75) is 6.04 Å². The third kappa shape index (κ3) is 1.42. The summed E-state index contributed by atoms with van der Waals surface area (Å²) >= 11 is 0. The maximum Gasteiger partial charge on any atom is 0.0955 e. The Morgan fingerprint density at radius 2 is 2.31 bits per heavy atom. The van der Waals surface area contributed by atoms with Gasteiger partial charge in [0.2, 0.25) is 0 Å². The summed E-state index contributed by atoms with van der Waals surface area (Å²) in [4.78, 5) is 4.36. The first-order valence-electron chi connectivity index (χ1n) is 5.63. The van der Waals surface area contributed by atoms with Gasteiger partial charge in [-0.1, -0.05) is 6.07 Å². The van der Waals surface area contributed by atoms with Crippen molar-refractivity contribution < 1.29 is 0 Å². The zero-order valence-corrected chi connectivity index (χ0v) is 9.35. The fraction of sp³-hybridized carbons (Fsp3) is 0.417. The van der Waals surface area contributed by atoms with Crippen LogP contribution in [0.1, 0.15) is 11.6 Å². The van der Waals surface area contributed by atoms with Crippen molar-refractivity contribution in [1.82, 2.24) is 14.9 Å². The summed E-state index contributed by atoms with van der Waals surface area (Å²) in [5.41, 5.74) is 9.60. The van der Waals surface area contributed by atoms with E-state index in [1.807, 2.05) is 17.9 Å². The van der Waals surface area contributed by atoms with Crippen molar-refractivity contribution in [3.63, 3.8) is 0 Å². The highest BCUT2D eigenvalue weighted by molar-refractivity contribution is 5.76. The number of rotatable bonds is 2. The molecule has 4 heteroatoms. The molecule has 1 aliphatic heterocycles. The third-order valence-electron chi connectivity index (χ3n) is 3.46.